The summed E-state index contributed by atoms with van der Waals surface area (Å²) in [6.45, 7) is 1.87. The molecule has 0 bridgehead atoms. The Kier molecular flexibility index (Phi) is 4.14. The molecule has 20 heavy (non-hydrogen) atoms. The molecule has 0 saturated carbocycles. The van der Waals surface area contributed by atoms with Crippen molar-refractivity contribution in [3.05, 3.63) is 47.0 Å². The Balaban J connectivity index is 2.47. The molecule has 106 valence electrons. The highest BCUT2D eigenvalue weighted by Gasteiger charge is 2.21. The van der Waals surface area contributed by atoms with Gasteiger partial charge >= 0.3 is 0 Å². The zero-order valence-electron chi connectivity index (χ0n) is 11.6. The van der Waals surface area contributed by atoms with Gasteiger partial charge in [0, 0.05) is 5.56 Å². The van der Waals surface area contributed by atoms with Crippen LogP contribution >= 0.6 is 0 Å². The number of benzene rings is 1. The molecular formula is C14H16FN3O2. The summed E-state index contributed by atoms with van der Waals surface area (Å²) in [6.07, 6.45) is 1.42. The first-order chi connectivity index (χ1) is 9.56. The number of rotatable bonds is 4. The van der Waals surface area contributed by atoms with Crippen LogP contribution in [0, 0.1) is 12.7 Å². The molecule has 1 unspecified atom stereocenters. The van der Waals surface area contributed by atoms with Crippen LogP contribution in [0.1, 0.15) is 22.9 Å². The first kappa shape index (κ1) is 14.2. The Morgan fingerprint density at radius 2 is 2.00 bits per heavy atom. The van der Waals surface area contributed by atoms with Crippen molar-refractivity contribution in [2.24, 2.45) is 5.73 Å². The second-order valence-electron chi connectivity index (χ2n) is 4.31. The Hall–Kier alpha value is -2.21. The van der Waals surface area contributed by atoms with E-state index in [9.17, 15) is 4.39 Å². The van der Waals surface area contributed by atoms with E-state index in [0.29, 0.717) is 17.1 Å². The van der Waals surface area contributed by atoms with Crippen molar-refractivity contribution < 1.29 is 13.9 Å². The van der Waals surface area contributed by atoms with Crippen LogP contribution in [-0.4, -0.2) is 24.2 Å². The molecule has 2 rings (SSSR count). The molecule has 0 radical (unpaired) electrons. The SMILES string of the molecule is COc1cnc(C(N)c2cc(C)ccc2F)c(OC)n1. The highest BCUT2D eigenvalue weighted by Crippen LogP contribution is 2.28. The Morgan fingerprint density at radius 1 is 1.25 bits per heavy atom. The number of aryl methyl sites for hydroxylation is 1. The van der Waals surface area contributed by atoms with Gasteiger partial charge in [-0.3, -0.25) is 0 Å². The molecule has 0 saturated heterocycles. The van der Waals surface area contributed by atoms with Gasteiger partial charge in [0.25, 0.3) is 0 Å². The normalized spacial score (nSPS) is 12.1. The van der Waals surface area contributed by atoms with E-state index in [1.54, 1.807) is 12.1 Å². The molecule has 1 aromatic carbocycles. The van der Waals surface area contributed by atoms with Gasteiger partial charge in [0.05, 0.1) is 26.5 Å². The van der Waals surface area contributed by atoms with Crippen molar-refractivity contribution in [2.75, 3.05) is 14.2 Å². The predicted octanol–water partition coefficient (Wildman–Crippen LogP) is 1.99. The standard InChI is InChI=1S/C14H16FN3O2/c1-8-4-5-10(15)9(6-8)12(16)13-14(20-3)18-11(19-2)7-17-13/h4-7,12H,16H2,1-3H3. The average Bonchev–Trinajstić information content (AvgIpc) is 2.48. The summed E-state index contributed by atoms with van der Waals surface area (Å²) < 4.78 is 24.0. The van der Waals surface area contributed by atoms with Crippen LogP contribution in [0.2, 0.25) is 0 Å². The maximum atomic E-state index is 13.9. The van der Waals surface area contributed by atoms with E-state index in [4.69, 9.17) is 15.2 Å². The van der Waals surface area contributed by atoms with Gasteiger partial charge in [-0.05, 0) is 13.0 Å². The average molecular weight is 277 g/mol. The van der Waals surface area contributed by atoms with Gasteiger partial charge in [-0.15, -0.1) is 0 Å². The molecule has 2 N–H and O–H groups in total. The van der Waals surface area contributed by atoms with Crippen LogP contribution in [0.5, 0.6) is 11.8 Å². The summed E-state index contributed by atoms with van der Waals surface area (Å²) in [5, 5.41) is 0. The second kappa shape index (κ2) is 5.83. The van der Waals surface area contributed by atoms with E-state index < -0.39 is 6.04 Å². The molecule has 5 nitrogen and oxygen atoms in total. The molecule has 2 aromatic rings. The lowest BCUT2D eigenvalue weighted by Gasteiger charge is -2.15. The van der Waals surface area contributed by atoms with Crippen LogP contribution in [0.3, 0.4) is 0 Å². The molecule has 0 spiro atoms. The third kappa shape index (κ3) is 2.70. The van der Waals surface area contributed by atoms with Gasteiger partial charge in [-0.2, -0.15) is 4.98 Å². The summed E-state index contributed by atoms with van der Waals surface area (Å²) in [5.41, 5.74) is 7.71. The Labute approximate surface area is 116 Å². The predicted molar refractivity (Wildman–Crippen MR) is 72.3 cm³/mol. The zero-order valence-corrected chi connectivity index (χ0v) is 11.6. The van der Waals surface area contributed by atoms with Gasteiger partial charge in [-0.1, -0.05) is 17.7 Å². The van der Waals surface area contributed by atoms with Crippen LogP contribution in [0.4, 0.5) is 4.39 Å². The van der Waals surface area contributed by atoms with E-state index in [1.165, 1.54) is 26.5 Å². The van der Waals surface area contributed by atoms with E-state index >= 15 is 0 Å². The second-order valence-corrected chi connectivity index (χ2v) is 4.31. The van der Waals surface area contributed by atoms with E-state index in [1.807, 2.05) is 6.92 Å². The van der Waals surface area contributed by atoms with Crippen molar-refractivity contribution in [1.82, 2.24) is 9.97 Å². The summed E-state index contributed by atoms with van der Waals surface area (Å²) in [4.78, 5) is 8.26. The third-order valence-corrected chi connectivity index (χ3v) is 2.93. The largest absolute Gasteiger partial charge is 0.480 e. The molecule has 1 aromatic heterocycles. The zero-order chi connectivity index (χ0) is 14.7. The number of nitrogens with two attached hydrogens (primary N) is 1. The molecule has 6 heteroatoms. The lowest BCUT2D eigenvalue weighted by atomic mass is 10.0. The van der Waals surface area contributed by atoms with Crippen LogP contribution < -0.4 is 15.2 Å². The van der Waals surface area contributed by atoms with E-state index in [2.05, 4.69) is 9.97 Å². The maximum absolute atomic E-state index is 13.9. The van der Waals surface area contributed by atoms with Crippen molar-refractivity contribution in [2.45, 2.75) is 13.0 Å². The minimum absolute atomic E-state index is 0.220. The number of aromatic nitrogens is 2. The Morgan fingerprint density at radius 3 is 2.65 bits per heavy atom. The van der Waals surface area contributed by atoms with E-state index in [-0.39, 0.29) is 11.7 Å². The summed E-state index contributed by atoms with van der Waals surface area (Å²) >= 11 is 0. The molecule has 1 heterocycles. The topological polar surface area (TPSA) is 70.3 Å². The lowest BCUT2D eigenvalue weighted by Crippen LogP contribution is -2.17. The smallest absolute Gasteiger partial charge is 0.240 e. The highest BCUT2D eigenvalue weighted by molar-refractivity contribution is 5.36. The van der Waals surface area contributed by atoms with Gasteiger partial charge in [-0.25, -0.2) is 9.37 Å². The molecule has 0 aliphatic rings. The highest BCUT2D eigenvalue weighted by atomic mass is 19.1. The number of hydrogen-bond acceptors (Lipinski definition) is 5. The van der Waals surface area contributed by atoms with Crippen molar-refractivity contribution in [1.29, 1.82) is 0 Å². The number of methoxy groups -OCH3 is 2. The van der Waals surface area contributed by atoms with Gasteiger partial charge in [0.2, 0.25) is 11.8 Å². The molecule has 1 atom stereocenters. The summed E-state index contributed by atoms with van der Waals surface area (Å²) in [6, 6.07) is 3.99. The third-order valence-electron chi connectivity index (χ3n) is 2.93. The lowest BCUT2D eigenvalue weighted by molar-refractivity contribution is 0.355. The maximum Gasteiger partial charge on any atom is 0.240 e. The minimum atomic E-state index is -0.761. The molecule has 0 amide bonds. The molecular weight excluding hydrogens is 261 g/mol. The molecule has 0 aliphatic carbocycles. The monoisotopic (exact) mass is 277 g/mol. The fourth-order valence-electron chi connectivity index (χ4n) is 1.88. The van der Waals surface area contributed by atoms with Crippen LogP contribution in [0.25, 0.3) is 0 Å². The first-order valence-corrected chi connectivity index (χ1v) is 6.03. The molecule has 0 fully saturated rings. The number of nitrogens with zero attached hydrogens (tertiary/aromatic N) is 2. The van der Waals surface area contributed by atoms with Crippen molar-refractivity contribution in [3.63, 3.8) is 0 Å². The number of halogens is 1. The van der Waals surface area contributed by atoms with E-state index in [0.717, 1.165) is 5.56 Å². The fourth-order valence-corrected chi connectivity index (χ4v) is 1.88. The van der Waals surface area contributed by atoms with Crippen LogP contribution in [-0.2, 0) is 0 Å². The molecule has 0 aliphatic heterocycles. The van der Waals surface area contributed by atoms with Gasteiger partial charge in [0.15, 0.2) is 0 Å². The van der Waals surface area contributed by atoms with Crippen molar-refractivity contribution in [3.8, 4) is 11.8 Å². The van der Waals surface area contributed by atoms with Gasteiger partial charge in [0.1, 0.15) is 11.5 Å². The minimum Gasteiger partial charge on any atom is -0.480 e. The van der Waals surface area contributed by atoms with Gasteiger partial charge < -0.3 is 15.2 Å². The quantitative estimate of drug-likeness (QED) is 0.925. The number of hydrogen-bond donors (Lipinski definition) is 1. The number of ether oxygens (including phenoxy) is 2. The fraction of sp³-hybridized carbons (Fsp3) is 0.286. The summed E-state index contributed by atoms with van der Waals surface area (Å²) in [5.74, 6) is 0.142. The van der Waals surface area contributed by atoms with Crippen molar-refractivity contribution >= 4 is 0 Å². The summed E-state index contributed by atoms with van der Waals surface area (Å²) in [7, 11) is 2.93. The first-order valence-electron chi connectivity index (χ1n) is 6.03. The Bertz CT molecular complexity index is 619. The van der Waals surface area contributed by atoms with Crippen LogP contribution in [0.15, 0.2) is 24.4 Å².